The zero-order valence-corrected chi connectivity index (χ0v) is 15.2. The molecule has 2 amide bonds. The molecule has 1 aliphatic heterocycles. The quantitative estimate of drug-likeness (QED) is 0.817. The number of nitrogens with zero attached hydrogens (tertiary/aromatic N) is 4. The standard InChI is InChI=1S/C17H24N6O3/c1-11(2)23-8-12(7-20-23)16-14(4-5-26-16)21-17(24)22-15-6-13(9-25-3)18-10-19-15/h6-8,10-11,14,16H,4-5,9H2,1-3H3,(H2,18,19,21,22,24)/t14-,16+/m1/s1. The summed E-state index contributed by atoms with van der Waals surface area (Å²) >= 11 is 0. The number of nitrogens with one attached hydrogen (secondary N) is 2. The minimum absolute atomic E-state index is 0.125. The molecule has 2 atom stereocenters. The number of amides is 2. The molecule has 9 heteroatoms. The average molecular weight is 360 g/mol. The molecule has 0 saturated carbocycles. The molecule has 0 bridgehead atoms. The zero-order chi connectivity index (χ0) is 18.5. The number of hydrogen-bond donors (Lipinski definition) is 2. The number of methoxy groups -OCH3 is 1. The average Bonchev–Trinajstić information content (AvgIpc) is 3.24. The minimum atomic E-state index is -0.330. The van der Waals surface area contributed by atoms with Crippen LogP contribution in [0.1, 0.15) is 43.7 Å². The molecule has 3 rings (SSSR count). The summed E-state index contributed by atoms with van der Waals surface area (Å²) in [4.78, 5) is 20.5. The van der Waals surface area contributed by atoms with Gasteiger partial charge in [0.2, 0.25) is 0 Å². The highest BCUT2D eigenvalue weighted by Gasteiger charge is 2.32. The fourth-order valence-electron chi connectivity index (χ4n) is 2.86. The summed E-state index contributed by atoms with van der Waals surface area (Å²) in [6.45, 7) is 5.08. The summed E-state index contributed by atoms with van der Waals surface area (Å²) in [5.74, 6) is 0.424. The second-order valence-corrected chi connectivity index (χ2v) is 6.46. The first-order chi connectivity index (χ1) is 12.6. The van der Waals surface area contributed by atoms with Gasteiger partial charge in [-0.05, 0) is 20.3 Å². The van der Waals surface area contributed by atoms with E-state index in [4.69, 9.17) is 9.47 Å². The molecule has 0 aromatic carbocycles. The predicted octanol–water partition coefficient (Wildman–Crippen LogP) is 2.05. The van der Waals surface area contributed by atoms with Gasteiger partial charge in [-0.25, -0.2) is 14.8 Å². The van der Waals surface area contributed by atoms with Gasteiger partial charge < -0.3 is 14.8 Å². The van der Waals surface area contributed by atoms with E-state index in [0.29, 0.717) is 24.7 Å². The zero-order valence-electron chi connectivity index (χ0n) is 15.2. The fraction of sp³-hybridized carbons (Fsp3) is 0.529. The van der Waals surface area contributed by atoms with Crippen LogP contribution in [0.4, 0.5) is 10.6 Å². The second-order valence-electron chi connectivity index (χ2n) is 6.46. The van der Waals surface area contributed by atoms with Crippen LogP contribution in [-0.4, -0.2) is 45.5 Å². The van der Waals surface area contributed by atoms with E-state index in [0.717, 1.165) is 12.0 Å². The molecule has 1 aliphatic rings. The van der Waals surface area contributed by atoms with Crippen LogP contribution >= 0.6 is 0 Å². The first-order valence-electron chi connectivity index (χ1n) is 8.60. The Morgan fingerprint density at radius 2 is 2.31 bits per heavy atom. The largest absolute Gasteiger partial charge is 0.378 e. The number of carbonyl (C=O) groups is 1. The van der Waals surface area contributed by atoms with Crippen LogP contribution in [-0.2, 0) is 16.1 Å². The highest BCUT2D eigenvalue weighted by molar-refractivity contribution is 5.88. The molecule has 0 radical (unpaired) electrons. The van der Waals surface area contributed by atoms with Crippen molar-refractivity contribution in [1.29, 1.82) is 0 Å². The molecule has 3 heterocycles. The Morgan fingerprint density at radius 1 is 1.46 bits per heavy atom. The third-order valence-electron chi connectivity index (χ3n) is 4.14. The van der Waals surface area contributed by atoms with Crippen LogP contribution in [0.3, 0.4) is 0 Å². The van der Waals surface area contributed by atoms with Gasteiger partial charge in [0, 0.05) is 37.6 Å². The molecule has 9 nitrogen and oxygen atoms in total. The van der Waals surface area contributed by atoms with Gasteiger partial charge in [-0.3, -0.25) is 10.00 Å². The molecule has 26 heavy (non-hydrogen) atoms. The van der Waals surface area contributed by atoms with Crippen LogP contribution in [0.25, 0.3) is 0 Å². The molecule has 0 spiro atoms. The Labute approximate surface area is 152 Å². The lowest BCUT2D eigenvalue weighted by Gasteiger charge is -2.19. The van der Waals surface area contributed by atoms with Crippen LogP contribution in [0.2, 0.25) is 0 Å². The van der Waals surface area contributed by atoms with E-state index in [1.54, 1.807) is 19.4 Å². The number of hydrogen-bond acceptors (Lipinski definition) is 6. The summed E-state index contributed by atoms with van der Waals surface area (Å²) in [6.07, 6.45) is 5.69. The molecular weight excluding hydrogens is 336 g/mol. The van der Waals surface area contributed by atoms with Gasteiger partial charge in [0.15, 0.2) is 0 Å². The SMILES string of the molecule is COCc1cc(NC(=O)N[C@@H]2CCO[C@H]2c2cnn(C(C)C)c2)ncn1. The highest BCUT2D eigenvalue weighted by atomic mass is 16.5. The van der Waals surface area contributed by atoms with Crippen molar-refractivity contribution in [2.45, 2.75) is 45.1 Å². The van der Waals surface area contributed by atoms with E-state index in [2.05, 4.69) is 39.5 Å². The molecule has 140 valence electrons. The van der Waals surface area contributed by atoms with Crippen molar-refractivity contribution in [2.24, 2.45) is 0 Å². The van der Waals surface area contributed by atoms with Crippen molar-refractivity contribution in [3.8, 4) is 0 Å². The van der Waals surface area contributed by atoms with Gasteiger partial charge in [0.1, 0.15) is 18.2 Å². The number of aromatic nitrogens is 4. The Morgan fingerprint density at radius 3 is 3.04 bits per heavy atom. The van der Waals surface area contributed by atoms with Crippen LogP contribution in [0.5, 0.6) is 0 Å². The Hall–Kier alpha value is -2.52. The number of urea groups is 1. The summed E-state index contributed by atoms with van der Waals surface area (Å²) in [7, 11) is 1.59. The molecule has 1 fully saturated rings. The van der Waals surface area contributed by atoms with Crippen molar-refractivity contribution < 1.29 is 14.3 Å². The predicted molar refractivity (Wildman–Crippen MR) is 94.6 cm³/mol. The molecule has 0 unspecified atom stereocenters. The fourth-order valence-corrected chi connectivity index (χ4v) is 2.86. The normalized spacial score (nSPS) is 19.7. The third-order valence-corrected chi connectivity index (χ3v) is 4.14. The summed E-state index contributed by atoms with van der Waals surface area (Å²) < 4.78 is 12.7. The lowest BCUT2D eigenvalue weighted by atomic mass is 10.1. The molecule has 2 N–H and O–H groups in total. The number of rotatable bonds is 6. The molecule has 2 aromatic heterocycles. The summed E-state index contributed by atoms with van der Waals surface area (Å²) in [6, 6.07) is 1.50. The first-order valence-corrected chi connectivity index (χ1v) is 8.60. The number of ether oxygens (including phenoxy) is 2. The van der Waals surface area contributed by atoms with Gasteiger partial charge in [-0.2, -0.15) is 5.10 Å². The summed E-state index contributed by atoms with van der Waals surface area (Å²) in [5.41, 5.74) is 1.66. The van der Waals surface area contributed by atoms with Crippen molar-refractivity contribution >= 4 is 11.8 Å². The molecule has 0 aliphatic carbocycles. The lowest BCUT2D eigenvalue weighted by molar-refractivity contribution is 0.100. The second kappa shape index (κ2) is 8.24. The van der Waals surface area contributed by atoms with Crippen LogP contribution in [0, 0.1) is 0 Å². The maximum Gasteiger partial charge on any atom is 0.320 e. The smallest absolute Gasteiger partial charge is 0.320 e. The van der Waals surface area contributed by atoms with Gasteiger partial charge >= 0.3 is 6.03 Å². The van der Waals surface area contributed by atoms with Gasteiger partial charge in [-0.15, -0.1) is 0 Å². The lowest BCUT2D eigenvalue weighted by Crippen LogP contribution is -2.39. The van der Waals surface area contributed by atoms with Crippen molar-refractivity contribution in [2.75, 3.05) is 19.0 Å². The van der Waals surface area contributed by atoms with E-state index in [-0.39, 0.29) is 24.2 Å². The van der Waals surface area contributed by atoms with Crippen molar-refractivity contribution in [1.82, 2.24) is 25.1 Å². The van der Waals surface area contributed by atoms with E-state index in [1.165, 1.54) is 6.33 Å². The van der Waals surface area contributed by atoms with Crippen LogP contribution < -0.4 is 10.6 Å². The molecule has 1 saturated heterocycles. The van der Waals surface area contributed by atoms with Crippen molar-refractivity contribution in [3.05, 3.63) is 36.0 Å². The molecule has 2 aromatic rings. The van der Waals surface area contributed by atoms with Gasteiger partial charge in [0.05, 0.1) is 24.5 Å². The Bertz CT molecular complexity index is 748. The summed E-state index contributed by atoms with van der Waals surface area (Å²) in [5, 5.41) is 10.0. The van der Waals surface area contributed by atoms with Crippen LogP contribution in [0.15, 0.2) is 24.8 Å². The third kappa shape index (κ3) is 4.36. The van der Waals surface area contributed by atoms with E-state index < -0.39 is 0 Å². The van der Waals surface area contributed by atoms with E-state index in [1.807, 2.05) is 10.9 Å². The first kappa shape index (κ1) is 18.3. The minimum Gasteiger partial charge on any atom is -0.378 e. The molecular formula is C17H24N6O3. The number of anilines is 1. The maximum atomic E-state index is 12.3. The topological polar surface area (TPSA) is 103 Å². The van der Waals surface area contributed by atoms with Gasteiger partial charge in [-0.1, -0.05) is 0 Å². The Kier molecular flexibility index (Phi) is 5.79. The van der Waals surface area contributed by atoms with E-state index in [9.17, 15) is 4.79 Å². The maximum absolute atomic E-state index is 12.3. The monoisotopic (exact) mass is 360 g/mol. The number of carbonyl (C=O) groups excluding carboxylic acids is 1. The van der Waals surface area contributed by atoms with Crippen molar-refractivity contribution in [3.63, 3.8) is 0 Å². The van der Waals surface area contributed by atoms with Gasteiger partial charge in [0.25, 0.3) is 0 Å². The highest BCUT2D eigenvalue weighted by Crippen LogP contribution is 2.29. The van der Waals surface area contributed by atoms with E-state index >= 15 is 0 Å². The Balaban J connectivity index is 1.61.